The molecule has 0 aliphatic rings. The second kappa shape index (κ2) is 3.59. The van der Waals surface area contributed by atoms with Gasteiger partial charge in [-0.2, -0.15) is 0 Å². The molecule has 0 spiro atoms. The van der Waals surface area contributed by atoms with Gasteiger partial charge in [0.2, 0.25) is 0 Å². The van der Waals surface area contributed by atoms with Gasteiger partial charge in [0.25, 0.3) is 0 Å². The van der Waals surface area contributed by atoms with Crippen molar-refractivity contribution in [1.82, 2.24) is 0 Å². The number of fused-ring (bicyclic) bond motifs is 1. The van der Waals surface area contributed by atoms with Gasteiger partial charge in [0.05, 0.1) is 0 Å². The smallest absolute Gasteiger partial charge is 0.405 e. The molecule has 0 saturated heterocycles. The van der Waals surface area contributed by atoms with Gasteiger partial charge in [-0.25, -0.2) is 0 Å². The Balaban J connectivity index is 2.54. The molecule has 5 heteroatoms. The van der Waals surface area contributed by atoms with Gasteiger partial charge in [-0.3, -0.25) is 0 Å². The van der Waals surface area contributed by atoms with Crippen LogP contribution in [0.25, 0.3) is 10.8 Å². The van der Waals surface area contributed by atoms with Crippen LogP contribution in [0.3, 0.4) is 0 Å². The van der Waals surface area contributed by atoms with E-state index in [-0.39, 0.29) is 5.75 Å². The predicted octanol–water partition coefficient (Wildman–Crippen LogP) is 3.32. The van der Waals surface area contributed by atoms with Crippen LogP contribution in [-0.2, 0) is 0 Å². The fraction of sp³-hybridized carbons (Fsp3) is 0.0909. The molecule has 0 atom stereocenters. The van der Waals surface area contributed by atoms with Crippen LogP contribution in [0.15, 0.2) is 36.4 Å². The molecule has 0 fully saturated rings. The molecule has 2 N–H and O–H groups in total. The van der Waals surface area contributed by atoms with Crippen LogP contribution >= 0.6 is 0 Å². The largest absolute Gasteiger partial charge is 0.573 e. The van der Waals surface area contributed by atoms with Gasteiger partial charge in [0.15, 0.2) is 0 Å². The lowest BCUT2D eigenvalue weighted by atomic mass is 10.1. The highest BCUT2D eigenvalue weighted by molar-refractivity contribution is 5.90. The number of hydrogen-bond donors (Lipinski definition) is 1. The third kappa shape index (κ3) is 2.18. The number of rotatable bonds is 1. The van der Waals surface area contributed by atoms with Crippen LogP contribution in [-0.4, -0.2) is 6.36 Å². The molecule has 16 heavy (non-hydrogen) atoms. The van der Waals surface area contributed by atoms with Crippen LogP contribution in [0.4, 0.5) is 18.9 Å². The average Bonchev–Trinajstić information content (AvgIpc) is 2.15. The summed E-state index contributed by atoms with van der Waals surface area (Å²) in [6.07, 6.45) is -4.68. The fourth-order valence-corrected chi connectivity index (χ4v) is 1.49. The van der Waals surface area contributed by atoms with E-state index in [2.05, 4.69) is 4.74 Å². The van der Waals surface area contributed by atoms with E-state index >= 15 is 0 Å². The minimum absolute atomic E-state index is 0.218. The minimum atomic E-state index is -4.68. The lowest BCUT2D eigenvalue weighted by Gasteiger charge is -2.11. The first-order valence-electron chi connectivity index (χ1n) is 4.50. The van der Waals surface area contributed by atoms with Gasteiger partial charge in [-0.1, -0.05) is 12.1 Å². The Morgan fingerprint density at radius 3 is 2.50 bits per heavy atom. The SMILES string of the molecule is Nc1ccc2c(OC(F)(F)F)cccc2c1. The maximum absolute atomic E-state index is 12.1. The van der Waals surface area contributed by atoms with E-state index in [0.29, 0.717) is 16.5 Å². The van der Waals surface area contributed by atoms with Gasteiger partial charge in [-0.05, 0) is 29.7 Å². The van der Waals surface area contributed by atoms with E-state index in [9.17, 15) is 13.2 Å². The van der Waals surface area contributed by atoms with Crippen molar-refractivity contribution < 1.29 is 17.9 Å². The van der Waals surface area contributed by atoms with E-state index in [1.165, 1.54) is 24.3 Å². The van der Waals surface area contributed by atoms with E-state index < -0.39 is 6.36 Å². The first kappa shape index (κ1) is 10.6. The highest BCUT2D eigenvalue weighted by Crippen LogP contribution is 2.31. The Labute approximate surface area is 89.4 Å². The fourth-order valence-electron chi connectivity index (χ4n) is 1.49. The van der Waals surface area contributed by atoms with Gasteiger partial charge in [-0.15, -0.1) is 13.2 Å². The van der Waals surface area contributed by atoms with Crippen molar-refractivity contribution in [3.8, 4) is 5.75 Å². The summed E-state index contributed by atoms with van der Waals surface area (Å²) in [6.45, 7) is 0. The van der Waals surface area contributed by atoms with Crippen molar-refractivity contribution in [2.45, 2.75) is 6.36 Å². The monoisotopic (exact) mass is 227 g/mol. The molecule has 0 amide bonds. The second-order valence-electron chi connectivity index (χ2n) is 3.28. The Morgan fingerprint density at radius 1 is 1.06 bits per heavy atom. The normalized spacial score (nSPS) is 11.7. The number of nitrogens with two attached hydrogens (primary N) is 1. The van der Waals surface area contributed by atoms with E-state index in [0.717, 1.165) is 0 Å². The molecule has 0 aliphatic heterocycles. The molecule has 0 unspecified atom stereocenters. The summed E-state index contributed by atoms with van der Waals surface area (Å²) < 4.78 is 40.2. The third-order valence-electron chi connectivity index (χ3n) is 2.09. The number of anilines is 1. The summed E-state index contributed by atoms with van der Waals surface area (Å²) >= 11 is 0. The standard InChI is InChI=1S/C11H8F3NO/c12-11(13,14)16-10-3-1-2-7-6-8(15)4-5-9(7)10/h1-6H,15H2. The highest BCUT2D eigenvalue weighted by atomic mass is 19.4. The molecular formula is C11H8F3NO. The first-order valence-corrected chi connectivity index (χ1v) is 4.50. The summed E-state index contributed by atoms with van der Waals surface area (Å²) in [5.74, 6) is -0.218. The zero-order valence-electron chi connectivity index (χ0n) is 8.08. The lowest BCUT2D eigenvalue weighted by Crippen LogP contribution is -2.17. The summed E-state index contributed by atoms with van der Waals surface area (Å²) in [5.41, 5.74) is 6.04. The molecule has 0 heterocycles. The van der Waals surface area contributed by atoms with E-state index in [4.69, 9.17) is 5.73 Å². The molecule has 2 nitrogen and oxygen atoms in total. The average molecular weight is 227 g/mol. The van der Waals surface area contributed by atoms with Crippen LogP contribution < -0.4 is 10.5 Å². The topological polar surface area (TPSA) is 35.2 Å². The maximum atomic E-state index is 12.1. The Morgan fingerprint density at radius 2 is 1.81 bits per heavy atom. The second-order valence-corrected chi connectivity index (χ2v) is 3.28. The summed E-state index contributed by atoms with van der Waals surface area (Å²) in [4.78, 5) is 0. The van der Waals surface area contributed by atoms with E-state index in [1.807, 2.05) is 0 Å². The van der Waals surface area contributed by atoms with Crippen LogP contribution in [0.2, 0.25) is 0 Å². The zero-order chi connectivity index (χ0) is 11.8. The molecule has 2 aromatic rings. The molecule has 0 bridgehead atoms. The lowest BCUT2D eigenvalue weighted by molar-refractivity contribution is -0.274. The summed E-state index contributed by atoms with van der Waals surface area (Å²) in [6, 6.07) is 9.07. The van der Waals surface area contributed by atoms with Crippen molar-refractivity contribution in [2.24, 2.45) is 0 Å². The quantitative estimate of drug-likeness (QED) is 0.758. The number of ether oxygens (including phenoxy) is 1. The third-order valence-corrected chi connectivity index (χ3v) is 2.09. The van der Waals surface area contributed by atoms with Gasteiger partial charge >= 0.3 is 6.36 Å². The molecule has 2 rings (SSSR count). The number of nitrogen functional groups attached to an aromatic ring is 1. The van der Waals surface area contributed by atoms with Crippen molar-refractivity contribution in [3.63, 3.8) is 0 Å². The molecule has 0 aromatic heterocycles. The molecule has 84 valence electrons. The van der Waals surface area contributed by atoms with Gasteiger partial charge in [0.1, 0.15) is 5.75 Å². The molecule has 0 aliphatic carbocycles. The van der Waals surface area contributed by atoms with Crippen LogP contribution in [0.5, 0.6) is 5.75 Å². The first-order chi connectivity index (χ1) is 7.46. The van der Waals surface area contributed by atoms with Gasteiger partial charge < -0.3 is 10.5 Å². The van der Waals surface area contributed by atoms with Crippen molar-refractivity contribution in [3.05, 3.63) is 36.4 Å². The predicted molar refractivity (Wildman–Crippen MR) is 55.0 cm³/mol. The summed E-state index contributed by atoms with van der Waals surface area (Å²) in [7, 11) is 0. The maximum Gasteiger partial charge on any atom is 0.573 e. The minimum Gasteiger partial charge on any atom is -0.405 e. The molecular weight excluding hydrogens is 219 g/mol. The van der Waals surface area contributed by atoms with Crippen LogP contribution in [0.1, 0.15) is 0 Å². The number of alkyl halides is 3. The Hall–Kier alpha value is -1.91. The number of benzene rings is 2. The number of halogens is 3. The number of hydrogen-bond acceptors (Lipinski definition) is 2. The van der Waals surface area contributed by atoms with Gasteiger partial charge in [0, 0.05) is 11.1 Å². The molecule has 2 aromatic carbocycles. The van der Waals surface area contributed by atoms with E-state index in [1.54, 1.807) is 12.1 Å². The Kier molecular flexibility index (Phi) is 2.38. The molecule has 0 saturated carbocycles. The Bertz CT molecular complexity index is 522. The summed E-state index contributed by atoms with van der Waals surface area (Å²) in [5, 5.41) is 0.996. The van der Waals surface area contributed by atoms with Crippen molar-refractivity contribution in [2.75, 3.05) is 5.73 Å². The highest BCUT2D eigenvalue weighted by Gasteiger charge is 2.31. The van der Waals surface area contributed by atoms with Crippen molar-refractivity contribution in [1.29, 1.82) is 0 Å². The van der Waals surface area contributed by atoms with Crippen LogP contribution in [0, 0.1) is 0 Å². The zero-order valence-corrected chi connectivity index (χ0v) is 8.08. The molecule has 0 radical (unpaired) electrons. The van der Waals surface area contributed by atoms with Crippen molar-refractivity contribution >= 4 is 16.5 Å².